The van der Waals surface area contributed by atoms with E-state index in [4.69, 9.17) is 0 Å². The zero-order chi connectivity index (χ0) is 13.0. The molecule has 0 N–H and O–H groups in total. The first kappa shape index (κ1) is 12.2. The van der Waals surface area contributed by atoms with Crippen molar-refractivity contribution in [2.24, 2.45) is 11.3 Å². The summed E-state index contributed by atoms with van der Waals surface area (Å²) in [7, 11) is -3.14. The molecule has 18 heavy (non-hydrogen) atoms. The number of rotatable bonds is 2. The molecule has 1 aromatic rings. The topological polar surface area (TPSA) is 34.1 Å². The Labute approximate surface area is 109 Å². The van der Waals surface area contributed by atoms with Gasteiger partial charge in [-0.1, -0.05) is 24.6 Å². The normalized spacial score (nSPS) is 35.0. The van der Waals surface area contributed by atoms with E-state index in [-0.39, 0.29) is 10.7 Å². The van der Waals surface area contributed by atoms with Gasteiger partial charge in [-0.3, -0.25) is 0 Å². The molecule has 3 rings (SSSR count). The lowest BCUT2D eigenvalue weighted by atomic mass is 9.86. The second kappa shape index (κ2) is 3.83. The molecule has 3 heteroatoms. The van der Waals surface area contributed by atoms with Crippen LogP contribution in [0.25, 0.3) is 0 Å². The Bertz CT molecular complexity index is 559. The third kappa shape index (κ3) is 1.71. The van der Waals surface area contributed by atoms with E-state index in [9.17, 15) is 8.42 Å². The number of hydrogen-bond acceptors (Lipinski definition) is 2. The van der Waals surface area contributed by atoms with Crippen molar-refractivity contribution in [2.75, 3.05) is 0 Å². The molecule has 2 bridgehead atoms. The van der Waals surface area contributed by atoms with Crippen LogP contribution in [0.15, 0.2) is 29.2 Å². The third-order valence-corrected chi connectivity index (χ3v) is 7.37. The maximum Gasteiger partial charge on any atom is 0.181 e. The Morgan fingerprint density at radius 1 is 1.22 bits per heavy atom. The fourth-order valence-corrected chi connectivity index (χ4v) is 6.20. The Hall–Kier alpha value is -0.830. The van der Waals surface area contributed by atoms with E-state index in [0.717, 1.165) is 24.8 Å². The maximum absolute atomic E-state index is 12.7. The van der Waals surface area contributed by atoms with Gasteiger partial charge in [-0.15, -0.1) is 0 Å². The van der Waals surface area contributed by atoms with Crippen molar-refractivity contribution in [1.29, 1.82) is 0 Å². The van der Waals surface area contributed by atoms with Gasteiger partial charge in [-0.05, 0) is 56.1 Å². The van der Waals surface area contributed by atoms with E-state index in [1.54, 1.807) is 12.1 Å². The molecule has 2 saturated carbocycles. The van der Waals surface area contributed by atoms with Crippen molar-refractivity contribution in [2.45, 2.75) is 49.7 Å². The predicted molar refractivity (Wildman–Crippen MR) is 72.2 cm³/mol. The molecule has 0 amide bonds. The highest BCUT2D eigenvalue weighted by atomic mass is 32.2. The summed E-state index contributed by atoms with van der Waals surface area (Å²) >= 11 is 0. The number of sulfone groups is 1. The van der Waals surface area contributed by atoms with Gasteiger partial charge in [0.2, 0.25) is 0 Å². The minimum Gasteiger partial charge on any atom is -0.223 e. The van der Waals surface area contributed by atoms with E-state index in [2.05, 4.69) is 6.92 Å². The van der Waals surface area contributed by atoms with Crippen molar-refractivity contribution >= 4 is 9.84 Å². The molecule has 0 radical (unpaired) electrons. The van der Waals surface area contributed by atoms with E-state index < -0.39 is 9.84 Å². The van der Waals surface area contributed by atoms with Crippen LogP contribution in [0.1, 0.15) is 38.2 Å². The summed E-state index contributed by atoms with van der Waals surface area (Å²) in [6.45, 7) is 4.14. The van der Waals surface area contributed by atoms with Crippen LogP contribution in [0.3, 0.4) is 0 Å². The van der Waals surface area contributed by atoms with Crippen LogP contribution >= 0.6 is 0 Å². The van der Waals surface area contributed by atoms with Gasteiger partial charge in [-0.25, -0.2) is 8.42 Å². The summed E-state index contributed by atoms with van der Waals surface area (Å²) in [5, 5.41) is -0.161. The third-order valence-electron chi connectivity index (χ3n) is 4.93. The van der Waals surface area contributed by atoms with Gasteiger partial charge in [0.25, 0.3) is 0 Å². The molecule has 0 saturated heterocycles. The summed E-state index contributed by atoms with van der Waals surface area (Å²) in [6.07, 6.45) is 4.26. The Balaban J connectivity index is 1.99. The fourth-order valence-electron chi connectivity index (χ4n) is 3.87. The first-order valence-corrected chi connectivity index (χ1v) is 8.27. The van der Waals surface area contributed by atoms with Gasteiger partial charge in [0, 0.05) is 0 Å². The number of fused-ring (bicyclic) bond motifs is 2. The second-order valence-electron chi connectivity index (χ2n) is 6.35. The maximum atomic E-state index is 12.7. The quantitative estimate of drug-likeness (QED) is 0.821. The highest BCUT2D eigenvalue weighted by Gasteiger charge is 2.54. The van der Waals surface area contributed by atoms with Gasteiger partial charge < -0.3 is 0 Å². The van der Waals surface area contributed by atoms with Crippen molar-refractivity contribution < 1.29 is 8.42 Å². The van der Waals surface area contributed by atoms with E-state index in [1.165, 1.54) is 6.42 Å². The van der Waals surface area contributed by atoms with Gasteiger partial charge in [-0.2, -0.15) is 0 Å². The van der Waals surface area contributed by atoms with E-state index in [0.29, 0.717) is 10.8 Å². The molecule has 2 nitrogen and oxygen atoms in total. The number of aryl methyl sites for hydroxylation is 1. The van der Waals surface area contributed by atoms with E-state index in [1.807, 2.05) is 19.1 Å². The second-order valence-corrected chi connectivity index (χ2v) is 8.48. The minimum atomic E-state index is -3.14. The summed E-state index contributed by atoms with van der Waals surface area (Å²) < 4.78 is 25.5. The van der Waals surface area contributed by atoms with Crippen molar-refractivity contribution in [3.63, 3.8) is 0 Å². The Morgan fingerprint density at radius 2 is 1.89 bits per heavy atom. The molecule has 3 atom stereocenters. The molecule has 2 fully saturated rings. The summed E-state index contributed by atoms with van der Waals surface area (Å²) in [6, 6.07) is 7.31. The average molecular weight is 264 g/mol. The molecule has 2 aliphatic rings. The summed E-state index contributed by atoms with van der Waals surface area (Å²) in [4.78, 5) is 0.506. The predicted octanol–water partition coefficient (Wildman–Crippen LogP) is 3.35. The molecule has 0 aromatic heterocycles. The van der Waals surface area contributed by atoms with Gasteiger partial charge >= 0.3 is 0 Å². The van der Waals surface area contributed by atoms with Crippen LogP contribution in [0.5, 0.6) is 0 Å². The largest absolute Gasteiger partial charge is 0.223 e. The zero-order valence-electron chi connectivity index (χ0n) is 11.0. The molecule has 0 aliphatic heterocycles. The lowest BCUT2D eigenvalue weighted by molar-refractivity contribution is 0.331. The average Bonchev–Trinajstić information content (AvgIpc) is 2.85. The van der Waals surface area contributed by atoms with Crippen LogP contribution in [-0.2, 0) is 9.84 Å². The van der Waals surface area contributed by atoms with Crippen molar-refractivity contribution in [1.82, 2.24) is 0 Å². The van der Waals surface area contributed by atoms with Gasteiger partial charge in [0.1, 0.15) is 0 Å². The lowest BCUT2D eigenvalue weighted by Gasteiger charge is -2.31. The minimum absolute atomic E-state index is 0.0222. The van der Waals surface area contributed by atoms with Crippen LogP contribution in [0, 0.1) is 18.3 Å². The summed E-state index contributed by atoms with van der Waals surface area (Å²) in [5.74, 6) is 0.639. The first-order chi connectivity index (χ1) is 8.42. The highest BCUT2D eigenvalue weighted by molar-refractivity contribution is 7.92. The molecule has 0 unspecified atom stereocenters. The molecule has 98 valence electrons. The molecular formula is C15H20O2S. The zero-order valence-corrected chi connectivity index (χ0v) is 11.8. The summed E-state index contributed by atoms with van der Waals surface area (Å²) in [5.41, 5.74) is 1.13. The number of hydrogen-bond donors (Lipinski definition) is 0. The standard InChI is InChI=1S/C15H20O2S/c1-11-3-5-13(6-4-11)18(16,17)14-9-12-7-8-15(14,2)10-12/h3-6,12,14H,7-10H2,1-2H3/t12-,14-,15-/m1/s1. The number of benzene rings is 1. The van der Waals surface area contributed by atoms with Crippen LogP contribution in [0.2, 0.25) is 0 Å². The van der Waals surface area contributed by atoms with E-state index >= 15 is 0 Å². The van der Waals surface area contributed by atoms with Gasteiger partial charge in [0.15, 0.2) is 9.84 Å². The monoisotopic (exact) mass is 264 g/mol. The molecule has 0 spiro atoms. The molecule has 0 heterocycles. The van der Waals surface area contributed by atoms with Gasteiger partial charge in [0.05, 0.1) is 10.1 Å². The Kier molecular flexibility index (Phi) is 2.60. The smallest absolute Gasteiger partial charge is 0.181 e. The Morgan fingerprint density at radius 3 is 2.39 bits per heavy atom. The van der Waals surface area contributed by atoms with Crippen LogP contribution < -0.4 is 0 Å². The SMILES string of the molecule is Cc1ccc(S(=O)(=O)[C@@H]2C[C@H]3CC[C@]2(C)C3)cc1. The van der Waals surface area contributed by atoms with Crippen molar-refractivity contribution in [3.05, 3.63) is 29.8 Å². The molecule has 1 aromatic carbocycles. The fraction of sp³-hybridized carbons (Fsp3) is 0.600. The van der Waals surface area contributed by atoms with Crippen LogP contribution in [0.4, 0.5) is 0 Å². The first-order valence-electron chi connectivity index (χ1n) is 6.72. The molecular weight excluding hydrogens is 244 g/mol. The van der Waals surface area contributed by atoms with Crippen LogP contribution in [-0.4, -0.2) is 13.7 Å². The van der Waals surface area contributed by atoms with Crippen molar-refractivity contribution in [3.8, 4) is 0 Å². The lowest BCUT2D eigenvalue weighted by Crippen LogP contribution is -2.34. The highest BCUT2D eigenvalue weighted by Crippen LogP contribution is 2.57. The molecule has 2 aliphatic carbocycles.